The fourth-order valence-corrected chi connectivity index (χ4v) is 4.22. The molecule has 5 heterocycles. The average Bonchev–Trinajstić information content (AvgIpc) is 3.15. The molecule has 134 valence electrons. The van der Waals surface area contributed by atoms with Crippen LogP contribution in [0.2, 0.25) is 0 Å². The Balaban J connectivity index is 1.33. The zero-order chi connectivity index (χ0) is 18.2. The van der Waals surface area contributed by atoms with Crippen LogP contribution >= 0.6 is 11.3 Å². The normalized spacial score (nSPS) is 14.4. The van der Waals surface area contributed by atoms with E-state index >= 15 is 0 Å². The smallest absolute Gasteiger partial charge is 0.266 e. The molecular weight excluding hydrogens is 360 g/mol. The SMILES string of the molecule is O=c1ccc(-c2ccncc2)nn1CC1CN(c2ncnc3ccsc23)C1. The lowest BCUT2D eigenvalue weighted by atomic mass is 10.0. The Kier molecular flexibility index (Phi) is 3.90. The Bertz CT molecular complexity index is 1150. The summed E-state index contributed by atoms with van der Waals surface area (Å²) in [7, 11) is 0. The topological polar surface area (TPSA) is 76.8 Å². The highest BCUT2D eigenvalue weighted by Crippen LogP contribution is 2.32. The number of aromatic nitrogens is 5. The summed E-state index contributed by atoms with van der Waals surface area (Å²) in [6, 6.07) is 9.14. The second kappa shape index (κ2) is 6.55. The minimum absolute atomic E-state index is 0.0751. The molecule has 0 unspecified atom stereocenters. The molecule has 1 fully saturated rings. The predicted octanol–water partition coefficient (Wildman–Crippen LogP) is 2.45. The summed E-state index contributed by atoms with van der Waals surface area (Å²) in [5, 5.41) is 6.57. The van der Waals surface area contributed by atoms with E-state index in [9.17, 15) is 4.79 Å². The first-order valence-corrected chi connectivity index (χ1v) is 9.57. The monoisotopic (exact) mass is 376 g/mol. The molecule has 4 aromatic heterocycles. The molecule has 0 saturated carbocycles. The van der Waals surface area contributed by atoms with Gasteiger partial charge in [-0.25, -0.2) is 14.6 Å². The van der Waals surface area contributed by atoms with Gasteiger partial charge in [-0.15, -0.1) is 11.3 Å². The molecule has 1 saturated heterocycles. The van der Waals surface area contributed by atoms with Gasteiger partial charge in [0.2, 0.25) is 0 Å². The van der Waals surface area contributed by atoms with Crippen LogP contribution in [0.3, 0.4) is 0 Å². The molecule has 0 N–H and O–H groups in total. The summed E-state index contributed by atoms with van der Waals surface area (Å²) in [5.74, 6) is 1.35. The van der Waals surface area contributed by atoms with Gasteiger partial charge >= 0.3 is 0 Å². The third kappa shape index (κ3) is 2.97. The van der Waals surface area contributed by atoms with E-state index in [4.69, 9.17) is 0 Å². The summed E-state index contributed by atoms with van der Waals surface area (Å²) in [6.45, 7) is 2.32. The molecule has 1 aliphatic rings. The Morgan fingerprint density at radius 2 is 1.93 bits per heavy atom. The average molecular weight is 376 g/mol. The summed E-state index contributed by atoms with van der Waals surface area (Å²) < 4.78 is 2.68. The van der Waals surface area contributed by atoms with Gasteiger partial charge in [-0.2, -0.15) is 5.10 Å². The van der Waals surface area contributed by atoms with Gasteiger partial charge in [-0.3, -0.25) is 9.78 Å². The molecule has 0 amide bonds. The summed E-state index contributed by atoms with van der Waals surface area (Å²) in [4.78, 5) is 27.2. The maximum absolute atomic E-state index is 12.2. The maximum Gasteiger partial charge on any atom is 0.266 e. The minimum Gasteiger partial charge on any atom is -0.354 e. The van der Waals surface area contributed by atoms with E-state index in [-0.39, 0.29) is 5.56 Å². The third-order valence-corrected chi connectivity index (χ3v) is 5.65. The van der Waals surface area contributed by atoms with E-state index in [2.05, 4.69) is 25.0 Å². The summed E-state index contributed by atoms with van der Waals surface area (Å²) in [6.07, 6.45) is 5.06. The van der Waals surface area contributed by atoms with Gasteiger partial charge in [0.1, 0.15) is 12.1 Å². The molecule has 27 heavy (non-hydrogen) atoms. The molecule has 0 radical (unpaired) electrons. The third-order valence-electron chi connectivity index (χ3n) is 4.75. The van der Waals surface area contributed by atoms with Gasteiger partial charge < -0.3 is 4.90 Å². The van der Waals surface area contributed by atoms with Crippen molar-refractivity contribution in [3.8, 4) is 11.3 Å². The van der Waals surface area contributed by atoms with Crippen molar-refractivity contribution in [2.75, 3.05) is 18.0 Å². The van der Waals surface area contributed by atoms with Crippen LogP contribution in [0.15, 0.2) is 59.2 Å². The van der Waals surface area contributed by atoms with Crippen molar-refractivity contribution in [2.45, 2.75) is 6.54 Å². The van der Waals surface area contributed by atoms with Crippen molar-refractivity contribution in [1.82, 2.24) is 24.7 Å². The van der Waals surface area contributed by atoms with Gasteiger partial charge in [0.15, 0.2) is 0 Å². The van der Waals surface area contributed by atoms with Crippen molar-refractivity contribution in [1.29, 1.82) is 0 Å². The number of thiophene rings is 1. The van der Waals surface area contributed by atoms with Gasteiger partial charge in [-0.05, 0) is 29.6 Å². The molecule has 7 nitrogen and oxygen atoms in total. The second-order valence-corrected chi connectivity index (χ2v) is 7.49. The predicted molar refractivity (Wildman–Crippen MR) is 105 cm³/mol. The maximum atomic E-state index is 12.2. The first-order valence-electron chi connectivity index (χ1n) is 8.69. The molecular formula is C19H16N6OS. The van der Waals surface area contributed by atoms with E-state index in [1.807, 2.05) is 23.6 Å². The Morgan fingerprint density at radius 1 is 1.07 bits per heavy atom. The van der Waals surface area contributed by atoms with Gasteiger partial charge in [0.05, 0.1) is 22.5 Å². The molecule has 1 aliphatic heterocycles. The van der Waals surface area contributed by atoms with Crippen molar-refractivity contribution in [3.63, 3.8) is 0 Å². The van der Waals surface area contributed by atoms with Crippen LogP contribution in [0, 0.1) is 5.92 Å². The number of hydrogen-bond acceptors (Lipinski definition) is 7. The van der Waals surface area contributed by atoms with Crippen LogP contribution in [-0.2, 0) is 6.54 Å². The van der Waals surface area contributed by atoms with Gasteiger partial charge in [0.25, 0.3) is 5.56 Å². The molecule has 0 atom stereocenters. The van der Waals surface area contributed by atoms with Crippen molar-refractivity contribution >= 4 is 27.4 Å². The van der Waals surface area contributed by atoms with Crippen molar-refractivity contribution < 1.29 is 0 Å². The Hall–Kier alpha value is -3.13. The van der Waals surface area contributed by atoms with Gasteiger partial charge in [0, 0.05) is 43.0 Å². The number of fused-ring (bicyclic) bond motifs is 1. The molecule has 5 rings (SSSR count). The van der Waals surface area contributed by atoms with E-state index in [1.54, 1.807) is 46.9 Å². The number of pyridine rings is 1. The molecule has 0 aliphatic carbocycles. The number of nitrogens with zero attached hydrogens (tertiary/aromatic N) is 6. The van der Waals surface area contributed by atoms with E-state index < -0.39 is 0 Å². The zero-order valence-corrected chi connectivity index (χ0v) is 15.2. The van der Waals surface area contributed by atoms with Crippen LogP contribution in [0.25, 0.3) is 21.5 Å². The lowest BCUT2D eigenvalue weighted by Gasteiger charge is -2.40. The van der Waals surface area contributed by atoms with E-state index in [1.165, 1.54) is 0 Å². The van der Waals surface area contributed by atoms with Gasteiger partial charge in [-0.1, -0.05) is 0 Å². The fraction of sp³-hybridized carbons (Fsp3) is 0.211. The number of anilines is 1. The van der Waals surface area contributed by atoms with Crippen molar-refractivity contribution in [3.05, 3.63) is 64.8 Å². The lowest BCUT2D eigenvalue weighted by Crippen LogP contribution is -2.50. The second-order valence-electron chi connectivity index (χ2n) is 6.58. The van der Waals surface area contributed by atoms with Crippen LogP contribution < -0.4 is 10.5 Å². The first kappa shape index (κ1) is 16.1. The van der Waals surface area contributed by atoms with E-state index in [0.29, 0.717) is 12.5 Å². The quantitative estimate of drug-likeness (QED) is 0.544. The Labute approximate surface area is 159 Å². The van der Waals surface area contributed by atoms with Crippen LogP contribution in [0.4, 0.5) is 5.82 Å². The van der Waals surface area contributed by atoms with E-state index in [0.717, 1.165) is 40.4 Å². The zero-order valence-electron chi connectivity index (χ0n) is 14.4. The first-order chi connectivity index (χ1) is 13.3. The highest BCUT2D eigenvalue weighted by atomic mass is 32.1. The number of rotatable bonds is 4. The molecule has 8 heteroatoms. The highest BCUT2D eigenvalue weighted by Gasteiger charge is 2.30. The largest absolute Gasteiger partial charge is 0.354 e. The minimum atomic E-state index is -0.0751. The summed E-state index contributed by atoms with van der Waals surface area (Å²) >= 11 is 1.66. The highest BCUT2D eigenvalue weighted by molar-refractivity contribution is 7.17. The lowest BCUT2D eigenvalue weighted by molar-refractivity contribution is 0.334. The van der Waals surface area contributed by atoms with Crippen molar-refractivity contribution in [2.24, 2.45) is 5.92 Å². The molecule has 0 bridgehead atoms. The standard InChI is InChI=1S/C19H16N6OS/c26-17-2-1-15(14-3-6-20-7-4-14)23-25(17)11-13-9-24(10-13)19-18-16(5-8-27-18)21-12-22-19/h1-8,12-13H,9-11H2. The molecule has 0 aromatic carbocycles. The molecule has 4 aromatic rings. The number of hydrogen-bond donors (Lipinski definition) is 0. The van der Waals surface area contributed by atoms with Crippen LogP contribution in [0.1, 0.15) is 0 Å². The summed E-state index contributed by atoms with van der Waals surface area (Å²) in [5.41, 5.74) is 2.64. The van der Waals surface area contributed by atoms with Crippen LogP contribution in [0.5, 0.6) is 0 Å². The fourth-order valence-electron chi connectivity index (χ4n) is 3.36. The Morgan fingerprint density at radius 3 is 2.78 bits per heavy atom. The molecule has 0 spiro atoms. The van der Waals surface area contributed by atoms with Crippen LogP contribution in [-0.4, -0.2) is 37.8 Å².